The van der Waals surface area contributed by atoms with E-state index < -0.39 is 18.4 Å². The highest BCUT2D eigenvalue weighted by Gasteiger charge is 2.48. The van der Waals surface area contributed by atoms with Gasteiger partial charge in [0.05, 0.1) is 17.2 Å². The van der Waals surface area contributed by atoms with Gasteiger partial charge in [0.25, 0.3) is 0 Å². The molecule has 3 saturated heterocycles. The van der Waals surface area contributed by atoms with Crippen molar-refractivity contribution in [3.8, 4) is 11.8 Å². The summed E-state index contributed by atoms with van der Waals surface area (Å²) in [6.07, 6.45) is -1.54. The van der Waals surface area contributed by atoms with E-state index in [1.165, 1.54) is 0 Å². The number of ether oxygens (including phenoxy) is 4. The first-order valence-electron chi connectivity index (χ1n) is 16.4. The monoisotopic (exact) mass is 729 g/mol. The summed E-state index contributed by atoms with van der Waals surface area (Å²) < 4.78 is 63.3. The lowest BCUT2D eigenvalue weighted by Crippen LogP contribution is -2.62. The number of hydrogen-bond donors (Lipinski definition) is 0. The average molecular weight is 731 g/mol. The second-order valence-electron chi connectivity index (χ2n) is 14.4. The fraction of sp³-hybridized carbons (Fsp3) is 0.727. The standard InChI is InChI=1S/C33H47BrF3N5O5/c1-21(2)44-16-15-40-11-7-23(8-12-40)46-29-38-26-24(17-22(3)25(34)27(26)45-20-33(35,36)37)28(39-29)41-13-9-32(10-14-41)18-42(19-32)30(43)47-31(4,5)6/h17,21,23H,7-16,18-20H2,1-6H3. The minimum atomic E-state index is -4.52. The SMILES string of the molecule is Cc1cc2c(N3CCC4(CC3)CN(C(=O)OC(C)(C)C)C4)nc(OC3CCN(CCOC(C)C)CC3)nc2c(OCC(F)(F)F)c1Br. The Morgan fingerprint density at radius 1 is 1.09 bits per heavy atom. The van der Waals surface area contributed by atoms with E-state index >= 15 is 0 Å². The predicted octanol–water partition coefficient (Wildman–Crippen LogP) is 6.75. The average Bonchev–Trinajstić information content (AvgIpc) is 2.95. The molecule has 0 radical (unpaired) electrons. The largest absolute Gasteiger partial charge is 0.481 e. The number of anilines is 1. The number of nitrogens with zero attached hydrogens (tertiary/aromatic N) is 5. The smallest absolute Gasteiger partial charge is 0.422 e. The van der Waals surface area contributed by atoms with Crippen LogP contribution >= 0.6 is 15.9 Å². The second kappa shape index (κ2) is 14.1. The molecular weight excluding hydrogens is 683 g/mol. The molecule has 0 aliphatic carbocycles. The van der Waals surface area contributed by atoms with E-state index in [0.29, 0.717) is 54.0 Å². The molecule has 0 saturated carbocycles. The number of fused-ring (bicyclic) bond motifs is 1. The summed E-state index contributed by atoms with van der Waals surface area (Å²) in [4.78, 5) is 28.3. The Balaban J connectivity index is 1.36. The van der Waals surface area contributed by atoms with E-state index in [-0.39, 0.29) is 41.0 Å². The van der Waals surface area contributed by atoms with Crippen LogP contribution in [-0.2, 0) is 9.47 Å². The Labute approximate surface area is 283 Å². The highest BCUT2D eigenvalue weighted by molar-refractivity contribution is 9.10. The highest BCUT2D eigenvalue weighted by atomic mass is 79.9. The first kappa shape index (κ1) is 35.7. The molecule has 3 aliphatic heterocycles. The first-order valence-corrected chi connectivity index (χ1v) is 17.2. The molecule has 262 valence electrons. The highest BCUT2D eigenvalue weighted by Crippen LogP contribution is 2.45. The number of aromatic nitrogens is 2. The van der Waals surface area contributed by atoms with Gasteiger partial charge < -0.3 is 33.6 Å². The molecule has 1 aromatic carbocycles. The number of rotatable bonds is 9. The van der Waals surface area contributed by atoms with Gasteiger partial charge in [0, 0.05) is 56.6 Å². The van der Waals surface area contributed by atoms with Gasteiger partial charge in [-0.25, -0.2) is 4.79 Å². The van der Waals surface area contributed by atoms with Crippen molar-refractivity contribution in [1.82, 2.24) is 19.8 Å². The lowest BCUT2D eigenvalue weighted by atomic mass is 9.72. The number of aryl methyl sites for hydroxylation is 1. The van der Waals surface area contributed by atoms with Crippen LogP contribution in [0.5, 0.6) is 11.8 Å². The fourth-order valence-electron chi connectivity index (χ4n) is 6.43. The van der Waals surface area contributed by atoms with E-state index in [9.17, 15) is 18.0 Å². The summed E-state index contributed by atoms with van der Waals surface area (Å²) in [5, 5.41) is 0.607. The van der Waals surface area contributed by atoms with Crippen LogP contribution in [0.25, 0.3) is 10.9 Å². The molecule has 4 heterocycles. The number of likely N-dealkylation sites (tertiary alicyclic amines) is 2. The molecule has 14 heteroatoms. The molecule has 1 aromatic heterocycles. The van der Waals surface area contributed by atoms with Crippen LogP contribution in [0, 0.1) is 12.3 Å². The molecule has 10 nitrogen and oxygen atoms in total. The van der Waals surface area contributed by atoms with Gasteiger partial charge in [0.1, 0.15) is 23.0 Å². The Hall–Kier alpha value is -2.58. The number of halogens is 4. The van der Waals surface area contributed by atoms with Crippen LogP contribution < -0.4 is 14.4 Å². The molecule has 3 fully saturated rings. The topological polar surface area (TPSA) is 89.5 Å². The van der Waals surface area contributed by atoms with Crippen LogP contribution in [0.3, 0.4) is 0 Å². The molecule has 0 unspecified atom stereocenters. The van der Waals surface area contributed by atoms with Crippen LogP contribution in [-0.4, -0.2) is 109 Å². The van der Waals surface area contributed by atoms with Gasteiger partial charge in [0.15, 0.2) is 12.4 Å². The van der Waals surface area contributed by atoms with Crippen LogP contribution in [0.1, 0.15) is 65.9 Å². The van der Waals surface area contributed by atoms with E-state index in [1.54, 1.807) is 4.90 Å². The normalized spacial score (nSPS) is 19.4. The van der Waals surface area contributed by atoms with Gasteiger partial charge in [-0.1, -0.05) is 0 Å². The van der Waals surface area contributed by atoms with Crippen LogP contribution in [0.15, 0.2) is 10.5 Å². The maximum absolute atomic E-state index is 13.3. The molecule has 1 amide bonds. The maximum Gasteiger partial charge on any atom is 0.422 e. The molecule has 3 aliphatic rings. The maximum atomic E-state index is 13.3. The molecule has 5 rings (SSSR count). The zero-order valence-electron chi connectivity index (χ0n) is 28.2. The Morgan fingerprint density at radius 2 is 1.74 bits per heavy atom. The van der Waals surface area contributed by atoms with E-state index in [4.69, 9.17) is 23.9 Å². The van der Waals surface area contributed by atoms with Gasteiger partial charge in [0.2, 0.25) is 0 Å². The minimum Gasteiger partial charge on any atom is -0.481 e. The molecule has 2 aromatic rings. The van der Waals surface area contributed by atoms with Crippen LogP contribution in [0.2, 0.25) is 0 Å². The van der Waals surface area contributed by atoms with Gasteiger partial charge in [-0.05, 0) is 94.8 Å². The number of amides is 1. The molecule has 0 N–H and O–H groups in total. The van der Waals surface area contributed by atoms with Crippen molar-refractivity contribution in [3.05, 3.63) is 16.1 Å². The number of carbonyl (C=O) groups is 1. The van der Waals surface area contributed by atoms with Crippen molar-refractivity contribution in [2.45, 2.75) is 91.2 Å². The molecule has 0 bridgehead atoms. The predicted molar refractivity (Wildman–Crippen MR) is 176 cm³/mol. The molecule has 1 spiro atoms. The van der Waals surface area contributed by atoms with Crippen molar-refractivity contribution in [2.75, 3.05) is 63.9 Å². The molecular formula is C33H47BrF3N5O5. The summed E-state index contributed by atoms with van der Waals surface area (Å²) >= 11 is 3.45. The van der Waals surface area contributed by atoms with Crippen molar-refractivity contribution in [2.24, 2.45) is 5.41 Å². The Bertz CT molecular complexity index is 1410. The van der Waals surface area contributed by atoms with Crippen molar-refractivity contribution < 1.29 is 36.9 Å². The molecule has 47 heavy (non-hydrogen) atoms. The van der Waals surface area contributed by atoms with Crippen LogP contribution in [0.4, 0.5) is 23.8 Å². The zero-order chi connectivity index (χ0) is 34.1. The number of piperidine rings is 2. The lowest BCUT2D eigenvalue weighted by Gasteiger charge is -2.53. The Morgan fingerprint density at radius 3 is 2.34 bits per heavy atom. The lowest BCUT2D eigenvalue weighted by molar-refractivity contribution is -0.153. The number of carbonyl (C=O) groups excluding carboxylic acids is 1. The summed E-state index contributed by atoms with van der Waals surface area (Å²) in [5.74, 6) is 0.630. The quantitative estimate of drug-likeness (QED) is 0.278. The summed E-state index contributed by atoms with van der Waals surface area (Å²) in [6.45, 7) is 15.8. The van der Waals surface area contributed by atoms with Crippen molar-refractivity contribution >= 4 is 38.7 Å². The van der Waals surface area contributed by atoms with E-state index in [1.807, 2.05) is 47.6 Å². The third-order valence-corrected chi connectivity index (χ3v) is 9.89. The number of benzene rings is 1. The van der Waals surface area contributed by atoms with Gasteiger partial charge in [-0.3, -0.25) is 0 Å². The van der Waals surface area contributed by atoms with E-state index in [2.05, 4.69) is 30.7 Å². The Kier molecular flexibility index (Phi) is 10.7. The third kappa shape index (κ3) is 9.11. The fourth-order valence-corrected chi connectivity index (χ4v) is 6.85. The summed E-state index contributed by atoms with van der Waals surface area (Å²) in [6, 6.07) is 2.01. The summed E-state index contributed by atoms with van der Waals surface area (Å²) in [5.41, 5.74) is 0.438. The van der Waals surface area contributed by atoms with Gasteiger partial charge in [-0.2, -0.15) is 23.1 Å². The van der Waals surface area contributed by atoms with Crippen molar-refractivity contribution in [1.29, 1.82) is 0 Å². The molecule has 0 atom stereocenters. The van der Waals surface area contributed by atoms with E-state index in [0.717, 1.165) is 45.3 Å². The summed E-state index contributed by atoms with van der Waals surface area (Å²) in [7, 11) is 0. The first-order chi connectivity index (χ1) is 22.0. The number of alkyl halides is 3. The second-order valence-corrected chi connectivity index (χ2v) is 15.2. The minimum absolute atomic E-state index is 0.00364. The zero-order valence-corrected chi connectivity index (χ0v) is 29.8. The van der Waals surface area contributed by atoms with Gasteiger partial charge >= 0.3 is 18.3 Å². The van der Waals surface area contributed by atoms with Gasteiger partial charge in [-0.15, -0.1) is 0 Å². The third-order valence-electron chi connectivity index (χ3n) is 8.90. The van der Waals surface area contributed by atoms with Crippen molar-refractivity contribution in [3.63, 3.8) is 0 Å². The number of hydrogen-bond acceptors (Lipinski definition) is 9.